The zero-order valence-electron chi connectivity index (χ0n) is 10.9. The lowest BCUT2D eigenvalue weighted by atomic mass is 10.3. The summed E-state index contributed by atoms with van der Waals surface area (Å²) in [4.78, 5) is 2.53. The van der Waals surface area contributed by atoms with Gasteiger partial charge in [0.2, 0.25) is 0 Å². The third-order valence-electron chi connectivity index (χ3n) is 3.12. The van der Waals surface area contributed by atoms with Crippen LogP contribution in [0, 0.1) is 0 Å². The fourth-order valence-corrected chi connectivity index (χ4v) is 3.08. The molecule has 0 bridgehead atoms. The number of thiophene rings is 1. The summed E-state index contributed by atoms with van der Waals surface area (Å²) in [6.07, 6.45) is 2.63. The van der Waals surface area contributed by atoms with Crippen LogP contribution in [0.15, 0.2) is 30.3 Å². The van der Waals surface area contributed by atoms with E-state index >= 15 is 0 Å². The van der Waals surface area contributed by atoms with Crippen LogP contribution in [0.3, 0.4) is 0 Å². The Balaban J connectivity index is 1.55. The van der Waals surface area contributed by atoms with Gasteiger partial charge in [-0.15, -0.1) is 11.3 Å². The summed E-state index contributed by atoms with van der Waals surface area (Å²) in [7, 11) is 0. The highest BCUT2D eigenvalue weighted by Crippen LogP contribution is 2.29. The third-order valence-corrected chi connectivity index (χ3v) is 4.73. The Morgan fingerprint density at radius 3 is 2.75 bits per heavy atom. The van der Waals surface area contributed by atoms with Gasteiger partial charge in [0.25, 0.3) is 0 Å². The minimum absolute atomic E-state index is 0.522. The zero-order chi connectivity index (χ0) is 13.9. The van der Waals surface area contributed by atoms with Gasteiger partial charge < -0.3 is 10.1 Å². The molecule has 0 saturated heterocycles. The predicted octanol–water partition coefficient (Wildman–Crippen LogP) is 4.89. The Hall–Kier alpha value is -0.740. The molecule has 1 aliphatic carbocycles. The summed E-state index contributed by atoms with van der Waals surface area (Å²) in [6.45, 7) is 1.47. The van der Waals surface area contributed by atoms with E-state index in [0.717, 1.165) is 12.6 Å². The fourth-order valence-electron chi connectivity index (χ4n) is 1.86. The van der Waals surface area contributed by atoms with Crippen LogP contribution in [0.5, 0.6) is 5.75 Å². The standard InChI is InChI=1S/C15H15Cl2NOS/c16-10-1-6-14(17)15(7-10)19-9-13-5-4-12(20-13)8-18-11-2-3-11/h1,4-7,11,18H,2-3,8-9H2. The number of hydrogen-bond donors (Lipinski definition) is 1. The van der Waals surface area contributed by atoms with Gasteiger partial charge in [-0.2, -0.15) is 0 Å². The summed E-state index contributed by atoms with van der Waals surface area (Å²) in [6, 6.07) is 10.2. The number of rotatable bonds is 6. The molecule has 1 N–H and O–H groups in total. The first-order chi connectivity index (χ1) is 9.70. The summed E-state index contributed by atoms with van der Waals surface area (Å²) in [5, 5.41) is 4.72. The van der Waals surface area contributed by atoms with E-state index in [2.05, 4.69) is 17.4 Å². The molecule has 1 aromatic heterocycles. The molecule has 1 fully saturated rings. The molecule has 1 aliphatic rings. The Morgan fingerprint density at radius 1 is 1.15 bits per heavy atom. The summed E-state index contributed by atoms with van der Waals surface area (Å²) in [5.74, 6) is 0.630. The first kappa shape index (κ1) is 14.2. The van der Waals surface area contributed by atoms with Crippen molar-refractivity contribution in [3.8, 4) is 5.75 Å². The van der Waals surface area contributed by atoms with Gasteiger partial charge in [-0.05, 0) is 37.1 Å². The highest BCUT2D eigenvalue weighted by atomic mass is 35.5. The number of nitrogens with one attached hydrogen (secondary N) is 1. The second kappa shape index (κ2) is 6.35. The van der Waals surface area contributed by atoms with Crippen LogP contribution in [-0.2, 0) is 13.2 Å². The van der Waals surface area contributed by atoms with Crippen LogP contribution < -0.4 is 10.1 Å². The minimum atomic E-state index is 0.522. The van der Waals surface area contributed by atoms with Crippen molar-refractivity contribution in [3.05, 3.63) is 50.1 Å². The lowest BCUT2D eigenvalue weighted by Crippen LogP contribution is -2.14. The minimum Gasteiger partial charge on any atom is -0.486 e. The monoisotopic (exact) mass is 327 g/mol. The molecule has 5 heteroatoms. The van der Waals surface area contributed by atoms with Gasteiger partial charge in [0.15, 0.2) is 0 Å². The molecular weight excluding hydrogens is 313 g/mol. The van der Waals surface area contributed by atoms with Gasteiger partial charge in [0.1, 0.15) is 12.4 Å². The molecule has 1 saturated carbocycles. The van der Waals surface area contributed by atoms with Crippen molar-refractivity contribution in [2.75, 3.05) is 0 Å². The molecule has 0 radical (unpaired) electrons. The van der Waals surface area contributed by atoms with Crippen LogP contribution in [0.25, 0.3) is 0 Å². The van der Waals surface area contributed by atoms with Crippen molar-refractivity contribution in [2.45, 2.75) is 32.0 Å². The van der Waals surface area contributed by atoms with Crippen LogP contribution in [0.1, 0.15) is 22.6 Å². The smallest absolute Gasteiger partial charge is 0.139 e. The molecular formula is C15H15Cl2NOS. The lowest BCUT2D eigenvalue weighted by Gasteiger charge is -2.07. The van der Waals surface area contributed by atoms with Crippen molar-refractivity contribution in [1.82, 2.24) is 5.32 Å². The maximum absolute atomic E-state index is 6.07. The number of benzene rings is 1. The molecule has 0 unspecified atom stereocenters. The molecule has 2 aromatic rings. The zero-order valence-corrected chi connectivity index (χ0v) is 13.2. The molecule has 3 rings (SSSR count). The van der Waals surface area contributed by atoms with Crippen molar-refractivity contribution >= 4 is 34.5 Å². The second-order valence-electron chi connectivity index (χ2n) is 4.89. The number of ether oxygens (including phenoxy) is 1. The molecule has 0 atom stereocenters. The molecule has 106 valence electrons. The molecule has 1 aromatic carbocycles. The van der Waals surface area contributed by atoms with E-state index in [9.17, 15) is 0 Å². The van der Waals surface area contributed by atoms with E-state index in [1.54, 1.807) is 29.5 Å². The van der Waals surface area contributed by atoms with Crippen LogP contribution in [0.2, 0.25) is 10.0 Å². The number of halogens is 2. The van der Waals surface area contributed by atoms with E-state index in [4.69, 9.17) is 27.9 Å². The van der Waals surface area contributed by atoms with Gasteiger partial charge in [-0.25, -0.2) is 0 Å². The molecule has 20 heavy (non-hydrogen) atoms. The molecule has 0 aliphatic heterocycles. The van der Waals surface area contributed by atoms with E-state index in [1.807, 2.05) is 0 Å². The van der Waals surface area contributed by atoms with E-state index in [-0.39, 0.29) is 0 Å². The van der Waals surface area contributed by atoms with Gasteiger partial charge in [0.05, 0.1) is 5.02 Å². The Kier molecular flexibility index (Phi) is 4.51. The normalized spacial score (nSPS) is 14.5. The maximum atomic E-state index is 6.07. The van der Waals surface area contributed by atoms with Crippen molar-refractivity contribution in [1.29, 1.82) is 0 Å². The topological polar surface area (TPSA) is 21.3 Å². The van der Waals surface area contributed by atoms with E-state index in [0.29, 0.717) is 22.4 Å². The fraction of sp³-hybridized carbons (Fsp3) is 0.333. The first-order valence-corrected chi connectivity index (χ1v) is 8.17. The molecule has 0 spiro atoms. The Morgan fingerprint density at radius 2 is 1.95 bits per heavy atom. The quantitative estimate of drug-likeness (QED) is 0.815. The van der Waals surface area contributed by atoms with Crippen molar-refractivity contribution < 1.29 is 4.74 Å². The van der Waals surface area contributed by atoms with Gasteiger partial charge in [-0.1, -0.05) is 23.2 Å². The van der Waals surface area contributed by atoms with Crippen LogP contribution in [-0.4, -0.2) is 6.04 Å². The first-order valence-electron chi connectivity index (χ1n) is 6.59. The van der Waals surface area contributed by atoms with Gasteiger partial charge in [0, 0.05) is 33.4 Å². The van der Waals surface area contributed by atoms with Crippen molar-refractivity contribution in [3.63, 3.8) is 0 Å². The average molecular weight is 328 g/mol. The highest BCUT2D eigenvalue weighted by Gasteiger charge is 2.20. The Bertz CT molecular complexity index is 595. The largest absolute Gasteiger partial charge is 0.486 e. The predicted molar refractivity (Wildman–Crippen MR) is 85.0 cm³/mol. The average Bonchev–Trinajstić information content (AvgIpc) is 3.16. The second-order valence-corrected chi connectivity index (χ2v) is 6.98. The highest BCUT2D eigenvalue weighted by molar-refractivity contribution is 7.11. The SMILES string of the molecule is Clc1ccc(Cl)c(OCc2ccc(CNC3CC3)s2)c1. The van der Waals surface area contributed by atoms with Gasteiger partial charge >= 0.3 is 0 Å². The molecule has 2 nitrogen and oxygen atoms in total. The van der Waals surface area contributed by atoms with Crippen molar-refractivity contribution in [2.24, 2.45) is 0 Å². The number of hydrogen-bond acceptors (Lipinski definition) is 3. The molecule has 0 amide bonds. The van der Waals surface area contributed by atoms with E-state index in [1.165, 1.54) is 22.6 Å². The summed E-state index contributed by atoms with van der Waals surface area (Å²) in [5.41, 5.74) is 0. The van der Waals surface area contributed by atoms with E-state index < -0.39 is 0 Å². The summed E-state index contributed by atoms with van der Waals surface area (Å²) < 4.78 is 5.73. The van der Waals surface area contributed by atoms with Crippen LogP contribution >= 0.6 is 34.5 Å². The lowest BCUT2D eigenvalue weighted by molar-refractivity contribution is 0.310. The Labute approximate surface area is 132 Å². The molecule has 1 heterocycles. The maximum Gasteiger partial charge on any atom is 0.139 e. The summed E-state index contributed by atoms with van der Waals surface area (Å²) >= 11 is 13.8. The van der Waals surface area contributed by atoms with Gasteiger partial charge in [-0.3, -0.25) is 0 Å². The third kappa shape index (κ3) is 3.89. The van der Waals surface area contributed by atoms with Crippen LogP contribution in [0.4, 0.5) is 0 Å².